The van der Waals surface area contributed by atoms with Crippen molar-refractivity contribution in [2.45, 2.75) is 33.2 Å². The van der Waals surface area contributed by atoms with Gasteiger partial charge in [-0.15, -0.1) is 0 Å². The van der Waals surface area contributed by atoms with E-state index in [1.807, 2.05) is 0 Å². The lowest BCUT2D eigenvalue weighted by Crippen LogP contribution is -2.16. The first-order valence-electron chi connectivity index (χ1n) is 7.48. The van der Waals surface area contributed by atoms with Crippen LogP contribution < -0.4 is 10.6 Å². The van der Waals surface area contributed by atoms with Gasteiger partial charge in [0.05, 0.1) is 0 Å². The van der Waals surface area contributed by atoms with Crippen molar-refractivity contribution in [1.82, 2.24) is 0 Å². The Balaban J connectivity index is 2.26. The summed E-state index contributed by atoms with van der Waals surface area (Å²) in [6.07, 6.45) is 0.884. The molecule has 0 heterocycles. The van der Waals surface area contributed by atoms with E-state index in [2.05, 4.69) is 76.2 Å². The molecule has 2 aromatic carbocycles. The van der Waals surface area contributed by atoms with Gasteiger partial charge in [0, 0.05) is 25.8 Å². The molecule has 0 aliphatic carbocycles. The van der Waals surface area contributed by atoms with Crippen LogP contribution in [0, 0.1) is 20.8 Å². The smallest absolute Gasteiger partial charge is 0.0364 e. The zero-order valence-electron chi connectivity index (χ0n) is 13.8. The topological polar surface area (TPSA) is 29.3 Å². The van der Waals surface area contributed by atoms with Crippen molar-refractivity contribution in [3.05, 3.63) is 64.2 Å². The number of benzene rings is 2. The van der Waals surface area contributed by atoms with Crippen LogP contribution in [0.1, 0.15) is 33.9 Å². The molecule has 2 aromatic rings. The summed E-state index contributed by atoms with van der Waals surface area (Å²) in [6.45, 7) is 6.50. The molecule has 0 fully saturated rings. The first-order chi connectivity index (χ1) is 9.88. The SMILES string of the molecule is Cc1cc(C)c(CC(N)c2cccc(N(C)C)c2)c(C)c1. The lowest BCUT2D eigenvalue weighted by molar-refractivity contribution is 0.715. The predicted octanol–water partition coefficient (Wildman–Crippen LogP) is 3.92. The van der Waals surface area contributed by atoms with Crippen LogP contribution >= 0.6 is 0 Å². The second kappa shape index (κ2) is 6.31. The first kappa shape index (κ1) is 15.6. The van der Waals surface area contributed by atoms with Crippen LogP contribution in [0.15, 0.2) is 36.4 Å². The highest BCUT2D eigenvalue weighted by atomic mass is 15.1. The summed E-state index contributed by atoms with van der Waals surface area (Å²) in [4.78, 5) is 2.11. The lowest BCUT2D eigenvalue weighted by atomic mass is 9.92. The number of nitrogens with zero attached hydrogens (tertiary/aromatic N) is 1. The van der Waals surface area contributed by atoms with E-state index in [1.165, 1.54) is 33.5 Å². The molecule has 2 heteroatoms. The van der Waals surface area contributed by atoms with E-state index in [-0.39, 0.29) is 6.04 Å². The monoisotopic (exact) mass is 282 g/mol. The van der Waals surface area contributed by atoms with E-state index in [0.29, 0.717) is 0 Å². The Labute approximate surface area is 128 Å². The van der Waals surface area contributed by atoms with Crippen molar-refractivity contribution < 1.29 is 0 Å². The van der Waals surface area contributed by atoms with Crippen molar-refractivity contribution in [1.29, 1.82) is 0 Å². The molecule has 0 radical (unpaired) electrons. The molecule has 1 unspecified atom stereocenters. The summed E-state index contributed by atoms with van der Waals surface area (Å²) in [5, 5.41) is 0. The molecule has 2 rings (SSSR count). The minimum absolute atomic E-state index is 0.0324. The summed E-state index contributed by atoms with van der Waals surface area (Å²) >= 11 is 0. The second-order valence-electron chi connectivity index (χ2n) is 6.18. The van der Waals surface area contributed by atoms with Crippen LogP contribution in [0.5, 0.6) is 0 Å². The number of aryl methyl sites for hydroxylation is 3. The molecule has 0 saturated heterocycles. The molecule has 0 aliphatic rings. The molecular formula is C19H26N2. The summed E-state index contributed by atoms with van der Waals surface area (Å²) in [7, 11) is 4.11. The van der Waals surface area contributed by atoms with Crippen LogP contribution in [0.3, 0.4) is 0 Å². The number of hydrogen-bond donors (Lipinski definition) is 1. The van der Waals surface area contributed by atoms with Gasteiger partial charge < -0.3 is 10.6 Å². The van der Waals surface area contributed by atoms with Gasteiger partial charge in [-0.1, -0.05) is 29.8 Å². The predicted molar refractivity (Wildman–Crippen MR) is 92.1 cm³/mol. The van der Waals surface area contributed by atoms with Gasteiger partial charge in [-0.25, -0.2) is 0 Å². The van der Waals surface area contributed by atoms with E-state index in [4.69, 9.17) is 5.73 Å². The molecule has 0 aliphatic heterocycles. The van der Waals surface area contributed by atoms with Gasteiger partial charge >= 0.3 is 0 Å². The molecule has 0 amide bonds. The number of hydrogen-bond acceptors (Lipinski definition) is 2. The van der Waals surface area contributed by atoms with Gasteiger partial charge in [0.2, 0.25) is 0 Å². The first-order valence-corrected chi connectivity index (χ1v) is 7.48. The maximum atomic E-state index is 6.45. The van der Waals surface area contributed by atoms with Crippen molar-refractivity contribution in [3.63, 3.8) is 0 Å². The number of anilines is 1. The Morgan fingerprint density at radius 2 is 1.62 bits per heavy atom. The van der Waals surface area contributed by atoms with Crippen LogP contribution in [0.25, 0.3) is 0 Å². The van der Waals surface area contributed by atoms with Crippen LogP contribution in [-0.4, -0.2) is 14.1 Å². The Bertz CT molecular complexity index is 606. The van der Waals surface area contributed by atoms with E-state index in [0.717, 1.165) is 6.42 Å². The second-order valence-corrected chi connectivity index (χ2v) is 6.18. The molecule has 0 aromatic heterocycles. The molecule has 21 heavy (non-hydrogen) atoms. The van der Waals surface area contributed by atoms with Gasteiger partial charge in [-0.3, -0.25) is 0 Å². The summed E-state index contributed by atoms with van der Waals surface area (Å²) in [5.74, 6) is 0. The third-order valence-corrected chi connectivity index (χ3v) is 4.08. The molecule has 2 N–H and O–H groups in total. The van der Waals surface area contributed by atoms with Gasteiger partial charge in [0.1, 0.15) is 0 Å². The summed E-state index contributed by atoms with van der Waals surface area (Å²) in [5.41, 5.74) is 14.2. The van der Waals surface area contributed by atoms with E-state index in [9.17, 15) is 0 Å². The van der Waals surface area contributed by atoms with Gasteiger partial charge in [0.25, 0.3) is 0 Å². The molecule has 1 atom stereocenters. The van der Waals surface area contributed by atoms with E-state index < -0.39 is 0 Å². The maximum absolute atomic E-state index is 6.45. The largest absolute Gasteiger partial charge is 0.378 e. The normalized spacial score (nSPS) is 12.3. The van der Waals surface area contributed by atoms with Crippen LogP contribution in [0.2, 0.25) is 0 Å². The Morgan fingerprint density at radius 1 is 1.00 bits per heavy atom. The van der Waals surface area contributed by atoms with Crippen molar-refractivity contribution in [3.8, 4) is 0 Å². The number of rotatable bonds is 4. The Kier molecular flexibility index (Phi) is 4.69. The average Bonchev–Trinajstić information content (AvgIpc) is 2.42. The zero-order chi connectivity index (χ0) is 15.6. The van der Waals surface area contributed by atoms with E-state index in [1.54, 1.807) is 0 Å². The minimum Gasteiger partial charge on any atom is -0.378 e. The molecule has 0 spiro atoms. The van der Waals surface area contributed by atoms with Crippen molar-refractivity contribution >= 4 is 5.69 Å². The van der Waals surface area contributed by atoms with Crippen molar-refractivity contribution in [2.75, 3.05) is 19.0 Å². The maximum Gasteiger partial charge on any atom is 0.0364 e. The standard InChI is InChI=1S/C19H26N2/c1-13-9-14(2)18(15(3)10-13)12-19(20)16-7-6-8-17(11-16)21(4)5/h6-11,19H,12,20H2,1-5H3. The summed E-state index contributed by atoms with van der Waals surface area (Å²) in [6, 6.07) is 13.0. The lowest BCUT2D eigenvalue weighted by Gasteiger charge is -2.19. The Hall–Kier alpha value is -1.80. The third-order valence-electron chi connectivity index (χ3n) is 4.08. The van der Waals surface area contributed by atoms with Gasteiger partial charge in [0.15, 0.2) is 0 Å². The van der Waals surface area contributed by atoms with Crippen LogP contribution in [0.4, 0.5) is 5.69 Å². The number of nitrogens with two attached hydrogens (primary N) is 1. The molecular weight excluding hydrogens is 256 g/mol. The highest BCUT2D eigenvalue weighted by Crippen LogP contribution is 2.24. The summed E-state index contributed by atoms with van der Waals surface area (Å²) < 4.78 is 0. The van der Waals surface area contributed by atoms with Gasteiger partial charge in [-0.05, 0) is 61.6 Å². The van der Waals surface area contributed by atoms with E-state index >= 15 is 0 Å². The zero-order valence-corrected chi connectivity index (χ0v) is 13.8. The average molecular weight is 282 g/mol. The Morgan fingerprint density at radius 3 is 2.19 bits per heavy atom. The minimum atomic E-state index is 0.0324. The highest BCUT2D eigenvalue weighted by Gasteiger charge is 2.12. The quantitative estimate of drug-likeness (QED) is 0.921. The molecule has 112 valence electrons. The van der Waals surface area contributed by atoms with Crippen molar-refractivity contribution in [2.24, 2.45) is 5.73 Å². The van der Waals surface area contributed by atoms with Gasteiger partial charge in [-0.2, -0.15) is 0 Å². The fraction of sp³-hybridized carbons (Fsp3) is 0.368. The molecule has 0 saturated carbocycles. The molecule has 2 nitrogen and oxygen atoms in total. The van der Waals surface area contributed by atoms with Crippen LogP contribution in [-0.2, 0) is 6.42 Å². The third kappa shape index (κ3) is 3.64. The fourth-order valence-corrected chi connectivity index (χ4v) is 2.90. The fourth-order valence-electron chi connectivity index (χ4n) is 2.90. The highest BCUT2D eigenvalue weighted by molar-refractivity contribution is 5.48. The molecule has 0 bridgehead atoms.